The number of furan rings is 1. The summed E-state index contributed by atoms with van der Waals surface area (Å²) >= 11 is 0. The Hall–Kier alpha value is -2.80. The number of ether oxygens (including phenoxy) is 1. The fourth-order valence-electron chi connectivity index (χ4n) is 5.37. The molecule has 7 heteroatoms. The predicted octanol–water partition coefficient (Wildman–Crippen LogP) is 2.42. The molecule has 0 aliphatic carbocycles. The number of carbonyl (C=O) groups excluding carboxylic acids is 2. The summed E-state index contributed by atoms with van der Waals surface area (Å²) < 4.78 is 11.2. The van der Waals surface area contributed by atoms with E-state index in [9.17, 15) is 9.59 Å². The third-order valence-corrected chi connectivity index (χ3v) is 6.69. The van der Waals surface area contributed by atoms with Gasteiger partial charge in [-0.15, -0.1) is 0 Å². The van der Waals surface area contributed by atoms with Crippen LogP contribution in [0.5, 0.6) is 0 Å². The van der Waals surface area contributed by atoms with Crippen LogP contribution < -0.4 is 4.90 Å². The number of carbonyl (C=O) groups is 2. The van der Waals surface area contributed by atoms with Gasteiger partial charge in [0.15, 0.2) is 5.76 Å². The smallest absolute Gasteiger partial charge is 0.289 e. The molecule has 4 heterocycles. The van der Waals surface area contributed by atoms with Crippen LogP contribution in [0.15, 0.2) is 47.1 Å². The summed E-state index contributed by atoms with van der Waals surface area (Å²) in [5.74, 6) is 0.213. The number of nitrogens with zero attached hydrogens (tertiary/aromatic N) is 3. The first kappa shape index (κ1) is 20.1. The maximum Gasteiger partial charge on any atom is 0.289 e. The number of rotatable bonds is 2. The first-order valence-electron chi connectivity index (χ1n) is 11.1. The second-order valence-electron chi connectivity index (χ2n) is 8.93. The Labute approximate surface area is 182 Å². The van der Waals surface area contributed by atoms with Gasteiger partial charge in [-0.05, 0) is 44.0 Å². The van der Waals surface area contributed by atoms with Crippen LogP contribution in [0.3, 0.4) is 0 Å². The molecule has 4 atom stereocenters. The number of morpholine rings is 1. The molecule has 1 aromatic carbocycles. The molecule has 0 saturated carbocycles. The zero-order valence-corrected chi connectivity index (χ0v) is 18.1. The quantitative estimate of drug-likeness (QED) is 0.742. The lowest BCUT2D eigenvalue weighted by molar-refractivity contribution is -0.148. The molecule has 2 saturated heterocycles. The molecule has 3 aliphatic heterocycles. The fraction of sp³-hybridized carbons (Fsp3) is 0.500. The molecular weight excluding hydrogens is 394 g/mol. The first-order valence-corrected chi connectivity index (χ1v) is 11.1. The van der Waals surface area contributed by atoms with E-state index in [1.54, 1.807) is 12.1 Å². The van der Waals surface area contributed by atoms with Gasteiger partial charge in [-0.2, -0.15) is 0 Å². The van der Waals surface area contributed by atoms with Crippen molar-refractivity contribution in [3.05, 3.63) is 54.0 Å². The predicted molar refractivity (Wildman–Crippen MR) is 116 cm³/mol. The highest BCUT2D eigenvalue weighted by Gasteiger charge is 2.44. The van der Waals surface area contributed by atoms with Crippen LogP contribution in [0, 0.1) is 5.92 Å². The molecule has 5 rings (SSSR count). The number of hydrogen-bond acceptors (Lipinski definition) is 5. The minimum atomic E-state index is -0.195. The summed E-state index contributed by atoms with van der Waals surface area (Å²) in [6.45, 7) is 7.09. The lowest BCUT2D eigenvalue weighted by Gasteiger charge is -2.50. The van der Waals surface area contributed by atoms with Gasteiger partial charge in [0.1, 0.15) is 0 Å². The van der Waals surface area contributed by atoms with Gasteiger partial charge in [-0.1, -0.05) is 18.2 Å². The molecular formula is C24H29N3O4. The zero-order valence-electron chi connectivity index (χ0n) is 18.1. The maximum absolute atomic E-state index is 13.7. The van der Waals surface area contributed by atoms with E-state index in [-0.39, 0.29) is 36.0 Å². The summed E-state index contributed by atoms with van der Waals surface area (Å²) in [4.78, 5) is 32.8. The first-order chi connectivity index (χ1) is 15.0. The SMILES string of the molecule is CC1CN(C(=O)C2Cc3ccccc3N3CCN(C(=O)c4ccco4)CC23)CC(C)O1. The van der Waals surface area contributed by atoms with E-state index in [2.05, 4.69) is 17.0 Å². The molecule has 7 nitrogen and oxygen atoms in total. The molecule has 0 N–H and O–H groups in total. The summed E-state index contributed by atoms with van der Waals surface area (Å²) in [5, 5.41) is 0. The zero-order chi connectivity index (χ0) is 21.5. The summed E-state index contributed by atoms with van der Waals surface area (Å²) in [5.41, 5.74) is 2.39. The van der Waals surface area contributed by atoms with Crippen molar-refractivity contribution in [2.45, 2.75) is 38.5 Å². The molecule has 0 radical (unpaired) electrons. The second-order valence-corrected chi connectivity index (χ2v) is 8.93. The van der Waals surface area contributed by atoms with Crippen LogP contribution in [-0.4, -0.2) is 72.6 Å². The molecule has 0 bridgehead atoms. The molecule has 2 aromatic rings. The van der Waals surface area contributed by atoms with Crippen molar-refractivity contribution in [1.29, 1.82) is 0 Å². The topological polar surface area (TPSA) is 66.2 Å². The Morgan fingerprint density at radius 3 is 2.45 bits per heavy atom. The van der Waals surface area contributed by atoms with Crippen LogP contribution in [0.4, 0.5) is 5.69 Å². The highest BCUT2D eigenvalue weighted by Crippen LogP contribution is 2.37. The van der Waals surface area contributed by atoms with Crippen LogP contribution in [0.25, 0.3) is 0 Å². The molecule has 3 aliphatic rings. The van der Waals surface area contributed by atoms with E-state index in [0.717, 1.165) is 0 Å². The van der Waals surface area contributed by atoms with Gasteiger partial charge in [0, 0.05) is 38.4 Å². The van der Waals surface area contributed by atoms with E-state index in [4.69, 9.17) is 9.15 Å². The number of amides is 2. The van der Waals surface area contributed by atoms with Crippen molar-refractivity contribution in [3.8, 4) is 0 Å². The highest BCUT2D eigenvalue weighted by atomic mass is 16.5. The number of fused-ring (bicyclic) bond motifs is 3. The van der Waals surface area contributed by atoms with Crippen molar-refractivity contribution in [3.63, 3.8) is 0 Å². The molecule has 2 amide bonds. The number of piperazine rings is 1. The lowest BCUT2D eigenvalue weighted by atomic mass is 9.82. The van der Waals surface area contributed by atoms with Crippen LogP contribution in [0.2, 0.25) is 0 Å². The Morgan fingerprint density at radius 2 is 1.71 bits per heavy atom. The fourth-order valence-corrected chi connectivity index (χ4v) is 5.37. The van der Waals surface area contributed by atoms with Gasteiger partial charge < -0.3 is 23.9 Å². The third-order valence-electron chi connectivity index (χ3n) is 6.69. The van der Waals surface area contributed by atoms with Crippen molar-refractivity contribution in [1.82, 2.24) is 9.80 Å². The molecule has 0 spiro atoms. The van der Waals surface area contributed by atoms with Gasteiger partial charge >= 0.3 is 0 Å². The van der Waals surface area contributed by atoms with Crippen molar-refractivity contribution in [2.75, 3.05) is 37.6 Å². The van der Waals surface area contributed by atoms with E-state index in [0.29, 0.717) is 44.9 Å². The van der Waals surface area contributed by atoms with Gasteiger partial charge in [0.2, 0.25) is 5.91 Å². The van der Waals surface area contributed by atoms with Crippen LogP contribution in [-0.2, 0) is 16.0 Å². The normalized spacial score (nSPS) is 28.1. The minimum Gasteiger partial charge on any atom is -0.459 e. The van der Waals surface area contributed by atoms with Crippen molar-refractivity contribution in [2.24, 2.45) is 5.92 Å². The average molecular weight is 424 g/mol. The number of anilines is 1. The molecule has 31 heavy (non-hydrogen) atoms. The average Bonchev–Trinajstić information content (AvgIpc) is 3.31. The number of hydrogen-bond donors (Lipinski definition) is 0. The van der Waals surface area contributed by atoms with Gasteiger partial charge in [-0.25, -0.2) is 0 Å². The lowest BCUT2D eigenvalue weighted by Crippen LogP contribution is -2.63. The standard InChI is InChI=1S/C24H29N3O4/c1-16-13-26(14-17(2)31-16)23(28)19-12-18-6-3-4-7-20(18)27-10-9-25(15-21(19)27)24(29)22-8-5-11-30-22/h3-8,11,16-17,19,21H,9-10,12-15H2,1-2H3. The van der Waals surface area contributed by atoms with Gasteiger partial charge in [0.25, 0.3) is 5.91 Å². The summed E-state index contributed by atoms with van der Waals surface area (Å²) in [7, 11) is 0. The number of para-hydroxylation sites is 1. The van der Waals surface area contributed by atoms with E-state index < -0.39 is 0 Å². The summed E-state index contributed by atoms with van der Waals surface area (Å²) in [6, 6.07) is 11.7. The van der Waals surface area contributed by atoms with Crippen molar-refractivity contribution < 1.29 is 18.7 Å². The minimum absolute atomic E-state index is 0.0306. The Morgan fingerprint density at radius 1 is 0.935 bits per heavy atom. The van der Waals surface area contributed by atoms with E-state index in [1.807, 2.05) is 35.8 Å². The van der Waals surface area contributed by atoms with Gasteiger partial charge in [0.05, 0.1) is 30.4 Å². The molecule has 2 fully saturated rings. The maximum atomic E-state index is 13.7. The molecule has 1 aromatic heterocycles. The van der Waals surface area contributed by atoms with Gasteiger partial charge in [-0.3, -0.25) is 9.59 Å². The van der Waals surface area contributed by atoms with Crippen LogP contribution in [0.1, 0.15) is 30.0 Å². The van der Waals surface area contributed by atoms with Crippen LogP contribution >= 0.6 is 0 Å². The Kier molecular flexibility index (Phi) is 5.22. The molecule has 4 unspecified atom stereocenters. The highest BCUT2D eigenvalue weighted by molar-refractivity contribution is 5.92. The third kappa shape index (κ3) is 3.71. The monoisotopic (exact) mass is 423 g/mol. The van der Waals surface area contributed by atoms with E-state index in [1.165, 1.54) is 17.5 Å². The Bertz CT molecular complexity index is 949. The second kappa shape index (κ2) is 8.04. The number of benzene rings is 1. The Balaban J connectivity index is 1.44. The summed E-state index contributed by atoms with van der Waals surface area (Å²) in [6.07, 6.45) is 2.28. The largest absolute Gasteiger partial charge is 0.459 e. The molecule has 164 valence electrons. The van der Waals surface area contributed by atoms with E-state index >= 15 is 0 Å². The van der Waals surface area contributed by atoms with Crippen molar-refractivity contribution >= 4 is 17.5 Å².